The van der Waals surface area contributed by atoms with Crippen molar-refractivity contribution in [2.75, 3.05) is 36.4 Å². The molecule has 0 saturated carbocycles. The summed E-state index contributed by atoms with van der Waals surface area (Å²) in [5.41, 5.74) is 0.952. The normalized spacial score (nSPS) is 16.0. The number of aryl methyl sites for hydroxylation is 1. The molecular formula is C20H22N6O2. The van der Waals surface area contributed by atoms with E-state index in [-0.39, 0.29) is 5.91 Å². The van der Waals surface area contributed by atoms with Crippen LogP contribution in [0.1, 0.15) is 17.4 Å². The minimum atomic E-state index is -0.401. The van der Waals surface area contributed by atoms with Gasteiger partial charge in [-0.05, 0) is 12.5 Å². The van der Waals surface area contributed by atoms with Gasteiger partial charge in [0.15, 0.2) is 5.82 Å². The Morgan fingerprint density at radius 2 is 1.93 bits per heavy atom. The first kappa shape index (κ1) is 18.1. The number of benzene rings is 1. The van der Waals surface area contributed by atoms with Crippen molar-refractivity contribution in [2.45, 2.75) is 13.0 Å². The van der Waals surface area contributed by atoms with E-state index in [9.17, 15) is 4.79 Å². The second-order valence-electron chi connectivity index (χ2n) is 6.71. The number of rotatable bonds is 5. The number of nitrogens with one attached hydrogen (secondary N) is 1. The number of hydrogen-bond donors (Lipinski definition) is 1. The lowest BCUT2D eigenvalue weighted by Gasteiger charge is -2.39. The number of hydrogen-bond acceptors (Lipinski definition) is 7. The highest BCUT2D eigenvalue weighted by Crippen LogP contribution is 2.25. The third-order valence-corrected chi connectivity index (χ3v) is 4.80. The van der Waals surface area contributed by atoms with E-state index in [0.717, 1.165) is 37.6 Å². The monoisotopic (exact) mass is 378 g/mol. The summed E-state index contributed by atoms with van der Waals surface area (Å²) in [5.74, 6) is 1.83. The van der Waals surface area contributed by atoms with E-state index in [2.05, 4.69) is 30.2 Å². The van der Waals surface area contributed by atoms with Crippen molar-refractivity contribution < 1.29 is 9.32 Å². The Labute approximate surface area is 163 Å². The Hall–Kier alpha value is -3.26. The van der Waals surface area contributed by atoms with Crippen molar-refractivity contribution in [3.8, 4) is 0 Å². The van der Waals surface area contributed by atoms with E-state index in [0.29, 0.717) is 11.6 Å². The van der Waals surface area contributed by atoms with Gasteiger partial charge in [0.2, 0.25) is 5.91 Å². The first-order valence-corrected chi connectivity index (χ1v) is 9.25. The van der Waals surface area contributed by atoms with E-state index < -0.39 is 6.04 Å². The van der Waals surface area contributed by atoms with Gasteiger partial charge in [-0.3, -0.25) is 14.7 Å². The maximum atomic E-state index is 13.1. The molecule has 2 aromatic heterocycles. The molecule has 1 aliphatic heterocycles. The zero-order chi connectivity index (χ0) is 19.3. The minimum absolute atomic E-state index is 0.118. The summed E-state index contributed by atoms with van der Waals surface area (Å²) in [6, 6.07) is 11.1. The summed E-state index contributed by atoms with van der Waals surface area (Å²) in [6.07, 6.45) is 5.13. The van der Waals surface area contributed by atoms with Gasteiger partial charge in [0.05, 0.1) is 6.20 Å². The highest BCUT2D eigenvalue weighted by atomic mass is 16.5. The largest absolute Gasteiger partial charge is 0.360 e. The van der Waals surface area contributed by atoms with Crippen LogP contribution in [-0.4, -0.2) is 52.1 Å². The highest BCUT2D eigenvalue weighted by molar-refractivity contribution is 5.94. The fourth-order valence-corrected chi connectivity index (χ4v) is 3.45. The molecular weight excluding hydrogens is 356 g/mol. The lowest BCUT2D eigenvalue weighted by Crippen LogP contribution is -2.50. The van der Waals surface area contributed by atoms with Crippen LogP contribution in [0.25, 0.3) is 0 Å². The third-order valence-electron chi connectivity index (χ3n) is 4.80. The van der Waals surface area contributed by atoms with Gasteiger partial charge < -0.3 is 14.7 Å². The zero-order valence-corrected chi connectivity index (χ0v) is 15.7. The lowest BCUT2D eigenvalue weighted by atomic mass is 10.0. The van der Waals surface area contributed by atoms with Crippen molar-refractivity contribution >= 4 is 17.5 Å². The van der Waals surface area contributed by atoms with E-state index in [4.69, 9.17) is 4.52 Å². The van der Waals surface area contributed by atoms with Gasteiger partial charge in [-0.2, -0.15) is 0 Å². The number of carbonyl (C=O) groups excluding carboxylic acids is 1. The Morgan fingerprint density at radius 1 is 1.14 bits per heavy atom. The number of carbonyl (C=O) groups is 1. The van der Waals surface area contributed by atoms with Crippen LogP contribution >= 0.6 is 0 Å². The van der Waals surface area contributed by atoms with Crippen molar-refractivity contribution in [3.63, 3.8) is 0 Å². The molecule has 1 fully saturated rings. The van der Waals surface area contributed by atoms with Crippen LogP contribution in [0.4, 0.5) is 11.6 Å². The standard InChI is InChI=1S/C20H22N6O2/c1-15-13-17(24-28-15)23-20(27)19(16-5-3-2-4-6-16)26-11-9-25(10-12-26)18-14-21-7-8-22-18/h2-8,13-14,19H,9-12H2,1H3,(H,23,24,27)/t19-/m0/s1. The Kier molecular flexibility index (Phi) is 5.29. The van der Waals surface area contributed by atoms with Crippen LogP contribution in [0, 0.1) is 6.92 Å². The van der Waals surface area contributed by atoms with Crippen LogP contribution in [-0.2, 0) is 4.79 Å². The number of aromatic nitrogens is 3. The van der Waals surface area contributed by atoms with Crippen molar-refractivity contribution in [1.29, 1.82) is 0 Å². The van der Waals surface area contributed by atoms with Crippen LogP contribution in [0.15, 0.2) is 59.5 Å². The molecule has 8 nitrogen and oxygen atoms in total. The molecule has 1 N–H and O–H groups in total. The van der Waals surface area contributed by atoms with E-state index in [1.807, 2.05) is 30.3 Å². The Balaban J connectivity index is 1.50. The molecule has 3 aromatic rings. The topological polar surface area (TPSA) is 87.4 Å². The quantitative estimate of drug-likeness (QED) is 0.729. The molecule has 0 radical (unpaired) electrons. The molecule has 1 aromatic carbocycles. The molecule has 0 spiro atoms. The van der Waals surface area contributed by atoms with Gasteiger partial charge in [-0.1, -0.05) is 35.5 Å². The van der Waals surface area contributed by atoms with Crippen LogP contribution in [0.5, 0.6) is 0 Å². The summed E-state index contributed by atoms with van der Waals surface area (Å²) >= 11 is 0. The zero-order valence-electron chi connectivity index (χ0n) is 15.7. The Morgan fingerprint density at radius 3 is 2.57 bits per heavy atom. The van der Waals surface area contributed by atoms with Gasteiger partial charge in [-0.15, -0.1) is 0 Å². The van der Waals surface area contributed by atoms with E-state index >= 15 is 0 Å². The molecule has 1 aliphatic rings. The summed E-state index contributed by atoms with van der Waals surface area (Å²) in [7, 11) is 0. The maximum absolute atomic E-state index is 13.1. The molecule has 3 heterocycles. The van der Waals surface area contributed by atoms with Crippen LogP contribution in [0.2, 0.25) is 0 Å². The molecule has 8 heteroatoms. The fraction of sp³-hybridized carbons (Fsp3) is 0.300. The third kappa shape index (κ3) is 4.01. The molecule has 1 amide bonds. The average Bonchev–Trinajstić information content (AvgIpc) is 3.15. The van der Waals surface area contributed by atoms with Crippen LogP contribution in [0.3, 0.4) is 0 Å². The van der Waals surface area contributed by atoms with Gasteiger partial charge in [0, 0.05) is 44.6 Å². The summed E-state index contributed by atoms with van der Waals surface area (Å²) in [6.45, 7) is 4.82. The number of anilines is 2. The molecule has 144 valence electrons. The summed E-state index contributed by atoms with van der Waals surface area (Å²) < 4.78 is 5.06. The molecule has 0 aliphatic carbocycles. The first-order valence-electron chi connectivity index (χ1n) is 9.25. The first-order chi connectivity index (χ1) is 13.7. The maximum Gasteiger partial charge on any atom is 0.247 e. The minimum Gasteiger partial charge on any atom is -0.360 e. The number of nitrogens with zero attached hydrogens (tertiary/aromatic N) is 5. The van der Waals surface area contributed by atoms with Crippen molar-refractivity contribution in [2.24, 2.45) is 0 Å². The molecule has 28 heavy (non-hydrogen) atoms. The van der Waals surface area contributed by atoms with Gasteiger partial charge in [-0.25, -0.2) is 4.98 Å². The molecule has 0 unspecified atom stereocenters. The molecule has 1 saturated heterocycles. The van der Waals surface area contributed by atoms with E-state index in [1.165, 1.54) is 0 Å². The van der Waals surface area contributed by atoms with Crippen molar-refractivity contribution in [3.05, 3.63) is 66.3 Å². The second kappa shape index (κ2) is 8.18. The molecule has 1 atom stereocenters. The summed E-state index contributed by atoms with van der Waals surface area (Å²) in [4.78, 5) is 26.0. The SMILES string of the molecule is Cc1cc(NC(=O)[C@H](c2ccccc2)N2CCN(c3cnccn3)CC2)no1. The van der Waals surface area contributed by atoms with E-state index in [1.54, 1.807) is 31.6 Å². The fourth-order valence-electron chi connectivity index (χ4n) is 3.45. The van der Waals surface area contributed by atoms with Gasteiger partial charge in [0.1, 0.15) is 17.6 Å². The average molecular weight is 378 g/mol. The van der Waals surface area contributed by atoms with Gasteiger partial charge in [0.25, 0.3) is 0 Å². The van der Waals surface area contributed by atoms with Gasteiger partial charge >= 0.3 is 0 Å². The highest BCUT2D eigenvalue weighted by Gasteiger charge is 2.31. The Bertz CT molecular complexity index is 907. The predicted octanol–water partition coefficient (Wildman–Crippen LogP) is 2.28. The predicted molar refractivity (Wildman–Crippen MR) is 105 cm³/mol. The summed E-state index contributed by atoms with van der Waals surface area (Å²) in [5, 5.41) is 6.76. The smallest absolute Gasteiger partial charge is 0.247 e. The molecule has 0 bridgehead atoms. The second-order valence-corrected chi connectivity index (χ2v) is 6.71. The molecule has 4 rings (SSSR count). The lowest BCUT2D eigenvalue weighted by molar-refractivity contribution is -0.121. The number of amides is 1. The van der Waals surface area contributed by atoms with Crippen molar-refractivity contribution in [1.82, 2.24) is 20.0 Å². The van der Waals surface area contributed by atoms with Crippen LogP contribution < -0.4 is 10.2 Å². The number of piperazine rings is 1.